The van der Waals surface area contributed by atoms with Crippen molar-refractivity contribution < 1.29 is 0 Å². The van der Waals surface area contributed by atoms with E-state index in [0.717, 1.165) is 11.1 Å². The fourth-order valence-corrected chi connectivity index (χ4v) is 2.69. The van der Waals surface area contributed by atoms with Gasteiger partial charge in [0.25, 0.3) is 5.56 Å². The van der Waals surface area contributed by atoms with Gasteiger partial charge in [-0.1, -0.05) is 12.8 Å². The number of aryl methyl sites for hydroxylation is 1. The Hall–Kier alpha value is -1.63. The van der Waals surface area contributed by atoms with Crippen LogP contribution in [0.1, 0.15) is 25.7 Å². The Kier molecular flexibility index (Phi) is 4.59. The third kappa shape index (κ3) is 3.09. The molecular formula is C13H23N5O2. The number of hydrogen-bond donors (Lipinski definition) is 1. The molecule has 1 aromatic heterocycles. The molecule has 20 heavy (non-hydrogen) atoms. The zero-order valence-corrected chi connectivity index (χ0v) is 12.4. The van der Waals surface area contributed by atoms with Gasteiger partial charge in [0.05, 0.1) is 0 Å². The molecule has 1 fully saturated rings. The number of rotatable bonds is 5. The zero-order valence-electron chi connectivity index (χ0n) is 12.4. The van der Waals surface area contributed by atoms with E-state index in [0.29, 0.717) is 12.6 Å². The zero-order chi connectivity index (χ0) is 14.7. The number of likely N-dealkylation sites (N-methyl/N-ethyl adjacent to an activating group) is 1. The predicted octanol–water partition coefficient (Wildman–Crippen LogP) is -0.235. The molecule has 1 heterocycles. The first-order valence-corrected chi connectivity index (χ1v) is 7.09. The Balaban J connectivity index is 1.94. The van der Waals surface area contributed by atoms with Gasteiger partial charge in [-0.2, -0.15) is 0 Å². The molecule has 7 heteroatoms. The summed E-state index contributed by atoms with van der Waals surface area (Å²) in [5.41, 5.74) is -0.791. The summed E-state index contributed by atoms with van der Waals surface area (Å²) in [6.45, 7) is 1.51. The van der Waals surface area contributed by atoms with Gasteiger partial charge in [-0.05, 0) is 19.9 Å². The van der Waals surface area contributed by atoms with Crippen LogP contribution in [0, 0.1) is 0 Å². The summed E-state index contributed by atoms with van der Waals surface area (Å²) in [7, 11) is 5.11. The molecule has 0 atom stereocenters. The average Bonchev–Trinajstić information content (AvgIpc) is 2.96. The molecule has 0 aromatic carbocycles. The Morgan fingerprint density at radius 3 is 2.60 bits per heavy atom. The van der Waals surface area contributed by atoms with Crippen molar-refractivity contribution in [3.63, 3.8) is 0 Å². The second-order valence-electron chi connectivity index (χ2n) is 5.46. The van der Waals surface area contributed by atoms with Gasteiger partial charge in [0.15, 0.2) is 0 Å². The SMILES string of the molecule is CN(CCNc1nn(C)c(=O)n(C)c1=O)C1CCCC1. The highest BCUT2D eigenvalue weighted by molar-refractivity contribution is 5.29. The molecule has 2 rings (SSSR count). The smallest absolute Gasteiger partial charge is 0.346 e. The van der Waals surface area contributed by atoms with E-state index in [2.05, 4.69) is 22.4 Å². The molecule has 0 unspecified atom stereocenters. The van der Waals surface area contributed by atoms with E-state index in [4.69, 9.17) is 0 Å². The van der Waals surface area contributed by atoms with Crippen molar-refractivity contribution in [1.82, 2.24) is 19.2 Å². The van der Waals surface area contributed by atoms with Gasteiger partial charge in [0.1, 0.15) is 0 Å². The van der Waals surface area contributed by atoms with Crippen LogP contribution in [0.4, 0.5) is 5.82 Å². The van der Waals surface area contributed by atoms with Crippen LogP contribution in [0.25, 0.3) is 0 Å². The number of nitrogens with zero attached hydrogens (tertiary/aromatic N) is 4. The van der Waals surface area contributed by atoms with E-state index >= 15 is 0 Å². The fraction of sp³-hybridized carbons (Fsp3) is 0.769. The molecule has 0 bridgehead atoms. The van der Waals surface area contributed by atoms with Crippen molar-refractivity contribution in [2.24, 2.45) is 14.1 Å². The lowest BCUT2D eigenvalue weighted by Crippen LogP contribution is -2.41. The minimum atomic E-state index is -0.413. The molecule has 1 aliphatic carbocycles. The Morgan fingerprint density at radius 2 is 1.95 bits per heavy atom. The lowest BCUT2D eigenvalue weighted by Gasteiger charge is -2.23. The van der Waals surface area contributed by atoms with Crippen LogP contribution >= 0.6 is 0 Å². The molecule has 0 aliphatic heterocycles. The third-order valence-electron chi connectivity index (χ3n) is 4.03. The van der Waals surface area contributed by atoms with Crippen molar-refractivity contribution in [2.45, 2.75) is 31.7 Å². The molecule has 0 amide bonds. The summed E-state index contributed by atoms with van der Waals surface area (Å²) in [5, 5.41) is 7.00. The molecule has 112 valence electrons. The van der Waals surface area contributed by atoms with E-state index in [1.54, 1.807) is 0 Å². The van der Waals surface area contributed by atoms with Gasteiger partial charge < -0.3 is 10.2 Å². The lowest BCUT2D eigenvalue weighted by atomic mass is 10.2. The fourth-order valence-electron chi connectivity index (χ4n) is 2.69. The van der Waals surface area contributed by atoms with Gasteiger partial charge in [0, 0.05) is 33.2 Å². The second kappa shape index (κ2) is 6.21. The molecule has 1 aliphatic rings. The van der Waals surface area contributed by atoms with Crippen LogP contribution in [0.2, 0.25) is 0 Å². The maximum atomic E-state index is 11.9. The molecule has 0 spiro atoms. The number of anilines is 1. The highest BCUT2D eigenvalue weighted by Gasteiger charge is 2.19. The number of nitrogens with one attached hydrogen (secondary N) is 1. The topological polar surface area (TPSA) is 72.2 Å². The molecule has 0 saturated heterocycles. The van der Waals surface area contributed by atoms with Crippen LogP contribution < -0.4 is 16.6 Å². The number of aromatic nitrogens is 3. The minimum Gasteiger partial charge on any atom is -0.363 e. The highest BCUT2D eigenvalue weighted by Crippen LogP contribution is 2.21. The minimum absolute atomic E-state index is 0.231. The highest BCUT2D eigenvalue weighted by atomic mass is 16.2. The quantitative estimate of drug-likeness (QED) is 0.807. The van der Waals surface area contributed by atoms with Crippen molar-refractivity contribution in [1.29, 1.82) is 0 Å². The van der Waals surface area contributed by atoms with Gasteiger partial charge in [0.2, 0.25) is 5.82 Å². The molecule has 1 N–H and O–H groups in total. The van der Waals surface area contributed by atoms with Crippen LogP contribution in [-0.4, -0.2) is 45.4 Å². The van der Waals surface area contributed by atoms with Crippen LogP contribution in [0.5, 0.6) is 0 Å². The van der Waals surface area contributed by atoms with Crippen molar-refractivity contribution in [2.75, 3.05) is 25.5 Å². The van der Waals surface area contributed by atoms with E-state index in [1.807, 2.05) is 0 Å². The summed E-state index contributed by atoms with van der Waals surface area (Å²) < 4.78 is 2.24. The van der Waals surface area contributed by atoms with E-state index in [1.165, 1.54) is 44.5 Å². The van der Waals surface area contributed by atoms with Gasteiger partial charge in [-0.25, -0.2) is 9.48 Å². The standard InChI is InChI=1S/C13H23N5O2/c1-16(10-6-4-5-7-10)9-8-14-11-12(19)17(2)13(20)18(3)15-11/h10H,4-9H2,1-3H3,(H,14,15). The first-order valence-electron chi connectivity index (χ1n) is 7.09. The maximum absolute atomic E-state index is 11.9. The van der Waals surface area contributed by atoms with Crippen molar-refractivity contribution in [3.8, 4) is 0 Å². The summed E-state index contributed by atoms with van der Waals surface area (Å²) in [6, 6.07) is 0.660. The van der Waals surface area contributed by atoms with Crippen LogP contribution in [0.15, 0.2) is 9.59 Å². The molecule has 0 radical (unpaired) electrons. The molecule has 1 aromatic rings. The summed E-state index contributed by atoms with van der Waals surface area (Å²) in [6.07, 6.45) is 5.14. The molecular weight excluding hydrogens is 258 g/mol. The maximum Gasteiger partial charge on any atom is 0.346 e. The summed E-state index contributed by atoms with van der Waals surface area (Å²) >= 11 is 0. The molecule has 1 saturated carbocycles. The Labute approximate surface area is 118 Å². The largest absolute Gasteiger partial charge is 0.363 e. The van der Waals surface area contributed by atoms with E-state index in [-0.39, 0.29) is 11.4 Å². The lowest BCUT2D eigenvalue weighted by molar-refractivity contribution is 0.254. The summed E-state index contributed by atoms with van der Waals surface area (Å²) in [5.74, 6) is 0.231. The number of hydrogen-bond acceptors (Lipinski definition) is 5. The van der Waals surface area contributed by atoms with Crippen LogP contribution in [-0.2, 0) is 14.1 Å². The predicted molar refractivity (Wildman–Crippen MR) is 78.1 cm³/mol. The van der Waals surface area contributed by atoms with Crippen molar-refractivity contribution in [3.05, 3.63) is 20.8 Å². The monoisotopic (exact) mass is 281 g/mol. The second-order valence-corrected chi connectivity index (χ2v) is 5.46. The molecule has 7 nitrogen and oxygen atoms in total. The van der Waals surface area contributed by atoms with Gasteiger partial charge >= 0.3 is 5.69 Å². The Bertz CT molecular complexity index is 571. The first-order chi connectivity index (χ1) is 9.50. The first kappa shape index (κ1) is 14.8. The van der Waals surface area contributed by atoms with E-state index < -0.39 is 5.69 Å². The van der Waals surface area contributed by atoms with E-state index in [9.17, 15) is 9.59 Å². The van der Waals surface area contributed by atoms with Gasteiger partial charge in [-0.3, -0.25) is 9.36 Å². The third-order valence-corrected chi connectivity index (χ3v) is 4.03. The summed E-state index contributed by atoms with van der Waals surface area (Å²) in [4.78, 5) is 25.7. The van der Waals surface area contributed by atoms with Gasteiger partial charge in [-0.15, -0.1) is 5.10 Å². The Morgan fingerprint density at radius 1 is 1.30 bits per heavy atom. The van der Waals surface area contributed by atoms with Crippen LogP contribution in [0.3, 0.4) is 0 Å². The normalized spacial score (nSPS) is 16.0. The average molecular weight is 281 g/mol. The van der Waals surface area contributed by atoms with Crippen molar-refractivity contribution >= 4 is 5.82 Å².